The van der Waals surface area contributed by atoms with Crippen molar-refractivity contribution in [1.29, 1.82) is 5.26 Å². The molecule has 8 heteroatoms. The molecule has 1 aromatic heterocycles. The van der Waals surface area contributed by atoms with Crippen molar-refractivity contribution < 1.29 is 9.18 Å². The first-order valence-electron chi connectivity index (χ1n) is 10.0. The molecule has 0 saturated heterocycles. The van der Waals surface area contributed by atoms with Crippen LogP contribution in [-0.2, 0) is 6.54 Å². The van der Waals surface area contributed by atoms with E-state index in [2.05, 4.69) is 21.7 Å². The summed E-state index contributed by atoms with van der Waals surface area (Å²) in [5, 5.41) is 15.9. The van der Waals surface area contributed by atoms with E-state index >= 15 is 0 Å². The maximum absolute atomic E-state index is 13.3. The van der Waals surface area contributed by atoms with Crippen LogP contribution < -0.4 is 16.2 Å². The average molecular weight is 461 g/mol. The Labute approximate surface area is 193 Å². The molecule has 164 valence electrons. The van der Waals surface area contributed by atoms with E-state index in [1.807, 2.05) is 30.3 Å². The van der Waals surface area contributed by atoms with Gasteiger partial charge in [0.2, 0.25) is 0 Å². The number of hydrogen-bond donors (Lipinski definition) is 3. The Balaban J connectivity index is 1.44. The fourth-order valence-electron chi connectivity index (χ4n) is 3.51. The van der Waals surface area contributed by atoms with Gasteiger partial charge in [0.05, 0.1) is 17.5 Å². The van der Waals surface area contributed by atoms with Crippen LogP contribution in [0.4, 0.5) is 14.9 Å². The first-order valence-corrected chi connectivity index (χ1v) is 10.4. The smallest absolute Gasteiger partial charge is 0.319 e. The molecule has 0 aliphatic carbocycles. The number of anilines is 1. The minimum absolute atomic E-state index is 0.0230. The van der Waals surface area contributed by atoms with E-state index in [1.165, 1.54) is 12.1 Å². The molecule has 33 heavy (non-hydrogen) atoms. The number of hydrogen-bond acceptors (Lipinski definition) is 3. The fourth-order valence-corrected chi connectivity index (χ4v) is 3.80. The van der Waals surface area contributed by atoms with Gasteiger partial charge in [0.1, 0.15) is 5.82 Å². The fraction of sp³-hybridized carbons (Fsp3) is 0.0800. The Morgan fingerprint density at radius 2 is 1.88 bits per heavy atom. The number of benzene rings is 3. The lowest BCUT2D eigenvalue weighted by Gasteiger charge is -2.14. The molecule has 1 unspecified atom stereocenters. The van der Waals surface area contributed by atoms with Crippen LogP contribution in [0.2, 0.25) is 5.02 Å². The SMILES string of the molecule is N#CC(c1ccccc1)c1ccc(NC(=O)NCc2cc3ccc(F)cc3[nH]c2=O)cc1Cl. The van der Waals surface area contributed by atoms with Crippen LogP contribution in [0.15, 0.2) is 77.6 Å². The number of rotatable bonds is 5. The van der Waals surface area contributed by atoms with Crippen molar-refractivity contribution >= 4 is 34.2 Å². The lowest BCUT2D eigenvalue weighted by Crippen LogP contribution is -2.30. The second kappa shape index (κ2) is 9.55. The van der Waals surface area contributed by atoms with Gasteiger partial charge < -0.3 is 15.6 Å². The van der Waals surface area contributed by atoms with E-state index in [4.69, 9.17) is 11.6 Å². The highest BCUT2D eigenvalue weighted by atomic mass is 35.5. The zero-order valence-corrected chi connectivity index (χ0v) is 18.0. The summed E-state index contributed by atoms with van der Waals surface area (Å²) in [7, 11) is 0. The van der Waals surface area contributed by atoms with Gasteiger partial charge in [-0.25, -0.2) is 9.18 Å². The van der Waals surface area contributed by atoms with Crippen molar-refractivity contribution in [3.63, 3.8) is 0 Å². The van der Waals surface area contributed by atoms with E-state index in [0.29, 0.717) is 32.7 Å². The van der Waals surface area contributed by atoms with E-state index < -0.39 is 23.3 Å². The number of pyridine rings is 1. The highest BCUT2D eigenvalue weighted by Crippen LogP contribution is 2.31. The number of aromatic amines is 1. The number of amides is 2. The van der Waals surface area contributed by atoms with Crippen molar-refractivity contribution in [2.75, 3.05) is 5.32 Å². The molecule has 1 heterocycles. The summed E-state index contributed by atoms with van der Waals surface area (Å²) >= 11 is 6.40. The number of carbonyl (C=O) groups excluding carboxylic acids is 1. The molecule has 1 atom stereocenters. The second-order valence-corrected chi connectivity index (χ2v) is 7.78. The number of nitrogens with zero attached hydrogens (tertiary/aromatic N) is 1. The van der Waals surface area contributed by atoms with Gasteiger partial charge in [0.15, 0.2) is 0 Å². The van der Waals surface area contributed by atoms with Gasteiger partial charge in [0, 0.05) is 22.8 Å². The van der Waals surface area contributed by atoms with Crippen molar-refractivity contribution in [3.8, 4) is 6.07 Å². The lowest BCUT2D eigenvalue weighted by atomic mass is 9.92. The normalized spacial score (nSPS) is 11.5. The van der Waals surface area contributed by atoms with E-state index in [0.717, 1.165) is 5.56 Å². The number of halogens is 2. The Kier molecular flexibility index (Phi) is 6.38. The van der Waals surface area contributed by atoms with Crippen LogP contribution >= 0.6 is 11.6 Å². The molecule has 4 aromatic rings. The number of H-pyrrole nitrogens is 1. The van der Waals surface area contributed by atoms with Gasteiger partial charge in [-0.05, 0) is 52.9 Å². The molecule has 0 radical (unpaired) electrons. The van der Waals surface area contributed by atoms with Crippen LogP contribution in [0.1, 0.15) is 22.6 Å². The first kappa shape index (κ1) is 22.1. The maximum Gasteiger partial charge on any atom is 0.319 e. The Hall–Kier alpha value is -4.15. The molecular formula is C25H18ClFN4O2. The van der Waals surface area contributed by atoms with Crippen molar-refractivity contribution in [3.05, 3.63) is 111 Å². The first-order chi connectivity index (χ1) is 15.9. The van der Waals surface area contributed by atoms with Crippen LogP contribution in [0.3, 0.4) is 0 Å². The van der Waals surface area contributed by atoms with Gasteiger partial charge in [-0.1, -0.05) is 48.0 Å². The molecule has 0 saturated carbocycles. The van der Waals surface area contributed by atoms with E-state index in [9.17, 15) is 19.2 Å². The topological polar surface area (TPSA) is 97.8 Å². The van der Waals surface area contributed by atoms with Crippen LogP contribution in [-0.4, -0.2) is 11.0 Å². The summed E-state index contributed by atoms with van der Waals surface area (Å²) in [5.41, 5.74) is 2.20. The standard InChI is InChI=1S/C25H18ClFN4O2/c26-22-12-19(8-9-20(22)21(13-28)15-4-2-1-3-5-15)30-25(33)29-14-17-10-16-6-7-18(27)11-23(16)31-24(17)32/h1-12,21H,14H2,(H,31,32)(H2,29,30,33). The molecule has 0 aliphatic heterocycles. The molecule has 4 rings (SSSR count). The number of nitrogens with one attached hydrogen (secondary N) is 3. The van der Waals surface area contributed by atoms with Crippen LogP contribution in [0.25, 0.3) is 10.9 Å². The molecule has 0 spiro atoms. The molecular weight excluding hydrogens is 443 g/mol. The largest absolute Gasteiger partial charge is 0.334 e. The third-order valence-corrected chi connectivity index (χ3v) is 5.48. The molecule has 0 fully saturated rings. The predicted molar refractivity (Wildman–Crippen MR) is 126 cm³/mol. The Morgan fingerprint density at radius 3 is 2.61 bits per heavy atom. The van der Waals surface area contributed by atoms with Crippen molar-refractivity contribution in [2.24, 2.45) is 0 Å². The predicted octanol–water partition coefficient (Wildman–Crippen LogP) is 5.30. The molecule has 3 aromatic carbocycles. The zero-order chi connectivity index (χ0) is 23.4. The summed E-state index contributed by atoms with van der Waals surface area (Å²) < 4.78 is 13.3. The molecule has 0 aliphatic rings. The Bertz CT molecular complexity index is 1430. The lowest BCUT2D eigenvalue weighted by molar-refractivity contribution is 0.251. The molecule has 2 amide bonds. The quantitative estimate of drug-likeness (QED) is 0.377. The number of fused-ring (bicyclic) bond motifs is 1. The highest BCUT2D eigenvalue weighted by molar-refractivity contribution is 6.31. The van der Waals surface area contributed by atoms with E-state index in [-0.39, 0.29) is 6.54 Å². The molecule has 0 bridgehead atoms. The Morgan fingerprint density at radius 1 is 1.09 bits per heavy atom. The van der Waals surface area contributed by atoms with Gasteiger partial charge in [-0.15, -0.1) is 0 Å². The summed E-state index contributed by atoms with van der Waals surface area (Å²) in [6.07, 6.45) is 0. The van der Waals surface area contributed by atoms with Crippen molar-refractivity contribution in [1.82, 2.24) is 10.3 Å². The molecule has 3 N–H and O–H groups in total. The van der Waals surface area contributed by atoms with Crippen LogP contribution in [0, 0.1) is 17.1 Å². The maximum atomic E-state index is 13.3. The van der Waals surface area contributed by atoms with Crippen molar-refractivity contribution in [2.45, 2.75) is 12.5 Å². The summed E-state index contributed by atoms with van der Waals surface area (Å²) in [6, 6.07) is 21.6. The third-order valence-electron chi connectivity index (χ3n) is 5.16. The minimum atomic E-state index is -0.533. The van der Waals surface area contributed by atoms with Crippen LogP contribution in [0.5, 0.6) is 0 Å². The van der Waals surface area contributed by atoms with Gasteiger partial charge in [0.25, 0.3) is 5.56 Å². The second-order valence-electron chi connectivity index (χ2n) is 7.37. The van der Waals surface area contributed by atoms with Gasteiger partial charge in [-0.2, -0.15) is 5.26 Å². The zero-order valence-electron chi connectivity index (χ0n) is 17.2. The summed E-state index contributed by atoms with van der Waals surface area (Å²) in [5.74, 6) is -0.979. The third kappa shape index (κ3) is 5.03. The molecule has 6 nitrogen and oxygen atoms in total. The van der Waals surface area contributed by atoms with Gasteiger partial charge in [-0.3, -0.25) is 4.79 Å². The number of nitriles is 1. The minimum Gasteiger partial charge on any atom is -0.334 e. The number of aromatic nitrogens is 1. The average Bonchev–Trinajstić information content (AvgIpc) is 2.80. The number of carbonyl (C=O) groups is 1. The highest BCUT2D eigenvalue weighted by Gasteiger charge is 2.17. The van der Waals surface area contributed by atoms with Gasteiger partial charge >= 0.3 is 6.03 Å². The monoisotopic (exact) mass is 460 g/mol. The summed E-state index contributed by atoms with van der Waals surface area (Å²) in [4.78, 5) is 27.2. The van der Waals surface area contributed by atoms with E-state index in [1.54, 1.807) is 30.3 Å². The summed E-state index contributed by atoms with van der Waals surface area (Å²) in [6.45, 7) is -0.0230. The number of urea groups is 1.